The van der Waals surface area contributed by atoms with E-state index in [9.17, 15) is 4.79 Å². The van der Waals surface area contributed by atoms with Crippen LogP contribution in [0.1, 0.15) is 24.2 Å². The third kappa shape index (κ3) is 2.21. The summed E-state index contributed by atoms with van der Waals surface area (Å²) in [7, 11) is 0. The van der Waals surface area contributed by atoms with Gasteiger partial charge in [-0.25, -0.2) is 0 Å². The average Bonchev–Trinajstić information content (AvgIpc) is 3.14. The quantitative estimate of drug-likeness (QED) is 0.923. The van der Waals surface area contributed by atoms with Gasteiger partial charge in [0.1, 0.15) is 11.5 Å². The van der Waals surface area contributed by atoms with Crippen molar-refractivity contribution in [3.63, 3.8) is 0 Å². The molecular formula is C16H16ClN3O2. The molecule has 1 saturated carbocycles. The second-order valence-electron chi connectivity index (χ2n) is 6.07. The van der Waals surface area contributed by atoms with Crippen molar-refractivity contribution in [3.05, 3.63) is 40.6 Å². The number of nitrogens with zero attached hydrogens (tertiary/aromatic N) is 2. The van der Waals surface area contributed by atoms with Gasteiger partial charge in [-0.05, 0) is 25.0 Å². The maximum absolute atomic E-state index is 12.4. The van der Waals surface area contributed by atoms with Crippen LogP contribution in [0.5, 0.6) is 0 Å². The molecule has 5 nitrogen and oxygen atoms in total. The van der Waals surface area contributed by atoms with E-state index in [1.807, 2.05) is 29.2 Å². The molecular weight excluding hydrogens is 302 g/mol. The second kappa shape index (κ2) is 4.83. The van der Waals surface area contributed by atoms with Crippen molar-refractivity contribution in [1.29, 1.82) is 0 Å². The van der Waals surface area contributed by atoms with E-state index < -0.39 is 5.54 Å². The summed E-state index contributed by atoms with van der Waals surface area (Å²) in [5, 5.41) is 4.86. The minimum absolute atomic E-state index is 0.0430. The van der Waals surface area contributed by atoms with Crippen LogP contribution in [0.25, 0.3) is 11.3 Å². The fourth-order valence-corrected chi connectivity index (χ4v) is 3.01. The normalized spacial score (nSPS) is 18.9. The van der Waals surface area contributed by atoms with Gasteiger partial charge in [-0.15, -0.1) is 0 Å². The van der Waals surface area contributed by atoms with Gasteiger partial charge in [0, 0.05) is 29.1 Å². The van der Waals surface area contributed by atoms with Crippen LogP contribution in [0.2, 0.25) is 5.02 Å². The Balaban J connectivity index is 1.65. The largest absolute Gasteiger partial charge is 0.360 e. The Morgan fingerprint density at radius 2 is 2.05 bits per heavy atom. The molecule has 1 fully saturated rings. The Labute approximate surface area is 133 Å². The van der Waals surface area contributed by atoms with E-state index in [4.69, 9.17) is 21.9 Å². The van der Waals surface area contributed by atoms with Crippen molar-refractivity contribution >= 4 is 17.5 Å². The molecule has 1 aromatic carbocycles. The van der Waals surface area contributed by atoms with Gasteiger partial charge in [-0.2, -0.15) is 0 Å². The lowest BCUT2D eigenvalue weighted by atomic mass is 10.0. The first kappa shape index (κ1) is 13.8. The van der Waals surface area contributed by atoms with Crippen LogP contribution in [0.3, 0.4) is 0 Å². The molecule has 6 heteroatoms. The molecule has 4 rings (SSSR count). The summed E-state index contributed by atoms with van der Waals surface area (Å²) in [6.07, 6.45) is 2.24. The molecule has 0 radical (unpaired) electrons. The van der Waals surface area contributed by atoms with E-state index in [0.29, 0.717) is 24.5 Å². The molecule has 0 saturated heterocycles. The molecule has 114 valence electrons. The molecule has 1 aromatic heterocycles. The molecule has 2 N–H and O–H groups in total. The lowest BCUT2D eigenvalue weighted by Crippen LogP contribution is -2.47. The zero-order chi connectivity index (χ0) is 15.3. The number of hydrogen-bond donors (Lipinski definition) is 1. The van der Waals surface area contributed by atoms with Gasteiger partial charge < -0.3 is 15.2 Å². The number of hydrogen-bond acceptors (Lipinski definition) is 4. The average molecular weight is 318 g/mol. The summed E-state index contributed by atoms with van der Waals surface area (Å²) in [6, 6.07) is 7.46. The van der Waals surface area contributed by atoms with Crippen LogP contribution in [-0.4, -0.2) is 28.0 Å². The molecule has 0 atom stereocenters. The molecule has 2 aliphatic rings. The summed E-state index contributed by atoms with van der Waals surface area (Å²) in [4.78, 5) is 14.3. The molecule has 0 spiro atoms. The topological polar surface area (TPSA) is 72.4 Å². The highest BCUT2D eigenvalue weighted by Gasteiger charge is 2.48. The molecule has 0 unspecified atom stereocenters. The Hall–Kier alpha value is -1.85. The molecule has 1 aliphatic carbocycles. The molecule has 22 heavy (non-hydrogen) atoms. The minimum Gasteiger partial charge on any atom is -0.360 e. The highest BCUT2D eigenvalue weighted by Crippen LogP contribution is 2.37. The van der Waals surface area contributed by atoms with E-state index in [-0.39, 0.29) is 5.91 Å². The molecule has 2 aromatic rings. The van der Waals surface area contributed by atoms with Gasteiger partial charge in [-0.1, -0.05) is 28.9 Å². The van der Waals surface area contributed by atoms with E-state index in [2.05, 4.69) is 5.16 Å². The Bertz CT molecular complexity index is 734. The van der Waals surface area contributed by atoms with Gasteiger partial charge in [0.2, 0.25) is 5.91 Å². The maximum Gasteiger partial charge on any atom is 0.242 e. The van der Waals surface area contributed by atoms with Crippen molar-refractivity contribution in [3.8, 4) is 11.3 Å². The van der Waals surface area contributed by atoms with Crippen LogP contribution < -0.4 is 5.73 Å². The second-order valence-corrected chi connectivity index (χ2v) is 6.51. The van der Waals surface area contributed by atoms with Crippen molar-refractivity contribution in [2.24, 2.45) is 5.73 Å². The van der Waals surface area contributed by atoms with Crippen molar-refractivity contribution in [2.45, 2.75) is 31.3 Å². The summed E-state index contributed by atoms with van der Waals surface area (Å²) in [5.41, 5.74) is 8.11. The number of benzene rings is 1. The SMILES string of the molecule is NC1(C(=O)N2CCc3onc(-c4ccc(Cl)cc4)c3C2)CC1. The molecule has 2 heterocycles. The number of halogens is 1. The van der Waals surface area contributed by atoms with Crippen LogP contribution in [-0.2, 0) is 17.8 Å². The van der Waals surface area contributed by atoms with Gasteiger partial charge >= 0.3 is 0 Å². The first-order chi connectivity index (χ1) is 10.6. The number of aromatic nitrogens is 1. The zero-order valence-electron chi connectivity index (χ0n) is 12.0. The highest BCUT2D eigenvalue weighted by molar-refractivity contribution is 6.30. The van der Waals surface area contributed by atoms with Crippen molar-refractivity contribution in [2.75, 3.05) is 6.54 Å². The first-order valence-electron chi connectivity index (χ1n) is 7.38. The molecule has 1 amide bonds. The third-order valence-electron chi connectivity index (χ3n) is 4.45. The smallest absolute Gasteiger partial charge is 0.242 e. The Morgan fingerprint density at radius 3 is 2.73 bits per heavy atom. The summed E-state index contributed by atoms with van der Waals surface area (Å²) < 4.78 is 5.45. The standard InChI is InChI=1S/C16H16ClN3O2/c17-11-3-1-10(2-4-11)14-12-9-20(8-5-13(12)22-19-14)15(21)16(18)6-7-16/h1-4H,5-9,18H2. The predicted molar refractivity (Wildman–Crippen MR) is 82.2 cm³/mol. The molecule has 0 bridgehead atoms. The molecule has 1 aliphatic heterocycles. The zero-order valence-corrected chi connectivity index (χ0v) is 12.8. The van der Waals surface area contributed by atoms with Crippen LogP contribution in [0.4, 0.5) is 0 Å². The van der Waals surface area contributed by atoms with E-state index >= 15 is 0 Å². The number of rotatable bonds is 2. The van der Waals surface area contributed by atoms with Crippen molar-refractivity contribution in [1.82, 2.24) is 10.1 Å². The monoisotopic (exact) mass is 317 g/mol. The number of amides is 1. The summed E-state index contributed by atoms with van der Waals surface area (Å²) >= 11 is 5.93. The third-order valence-corrected chi connectivity index (χ3v) is 4.70. The lowest BCUT2D eigenvalue weighted by Gasteiger charge is -2.28. The van der Waals surface area contributed by atoms with Gasteiger partial charge in [-0.3, -0.25) is 4.79 Å². The van der Waals surface area contributed by atoms with Crippen LogP contribution >= 0.6 is 11.6 Å². The summed E-state index contributed by atoms with van der Waals surface area (Å²) in [5.74, 6) is 0.900. The number of carbonyl (C=O) groups excluding carboxylic acids is 1. The number of nitrogens with two attached hydrogens (primary N) is 1. The van der Waals surface area contributed by atoms with Crippen LogP contribution in [0.15, 0.2) is 28.8 Å². The van der Waals surface area contributed by atoms with Gasteiger partial charge in [0.25, 0.3) is 0 Å². The summed E-state index contributed by atoms with van der Waals surface area (Å²) in [6.45, 7) is 1.15. The number of carbonyl (C=O) groups is 1. The Morgan fingerprint density at radius 1 is 1.32 bits per heavy atom. The van der Waals surface area contributed by atoms with Gasteiger partial charge in [0.05, 0.1) is 12.1 Å². The Kier molecular flexibility index (Phi) is 3.03. The van der Waals surface area contributed by atoms with Crippen LogP contribution in [0, 0.1) is 0 Å². The number of fused-ring (bicyclic) bond motifs is 1. The van der Waals surface area contributed by atoms with E-state index in [1.54, 1.807) is 0 Å². The van der Waals surface area contributed by atoms with Crippen molar-refractivity contribution < 1.29 is 9.32 Å². The highest BCUT2D eigenvalue weighted by atomic mass is 35.5. The maximum atomic E-state index is 12.4. The van der Waals surface area contributed by atoms with Gasteiger partial charge in [0.15, 0.2) is 0 Å². The fraction of sp³-hybridized carbons (Fsp3) is 0.375. The van der Waals surface area contributed by atoms with E-state index in [0.717, 1.165) is 35.4 Å². The fourth-order valence-electron chi connectivity index (χ4n) is 2.88. The van der Waals surface area contributed by atoms with E-state index in [1.165, 1.54) is 0 Å². The minimum atomic E-state index is -0.630. The predicted octanol–water partition coefficient (Wildman–Crippen LogP) is 2.37. The first-order valence-corrected chi connectivity index (χ1v) is 7.76. The lowest BCUT2D eigenvalue weighted by molar-refractivity contribution is -0.134.